The van der Waals surface area contributed by atoms with Crippen molar-refractivity contribution in [1.29, 1.82) is 0 Å². The summed E-state index contributed by atoms with van der Waals surface area (Å²) in [7, 11) is 1.79. The summed E-state index contributed by atoms with van der Waals surface area (Å²) < 4.78 is 5.30. The number of hydrogen-bond donors (Lipinski definition) is 3. The lowest BCUT2D eigenvalue weighted by atomic mass is 10.0. The lowest BCUT2D eigenvalue weighted by Crippen LogP contribution is -2.32. The Morgan fingerprint density at radius 1 is 1.43 bits per heavy atom. The summed E-state index contributed by atoms with van der Waals surface area (Å²) in [6.07, 6.45) is 3.02. The molecule has 0 amide bonds. The zero-order chi connectivity index (χ0) is 16.6. The smallest absolute Gasteiger partial charge is 0.310 e. The third-order valence-corrected chi connectivity index (χ3v) is 2.57. The lowest BCUT2D eigenvalue weighted by Gasteiger charge is -2.20. The van der Waals surface area contributed by atoms with Crippen LogP contribution in [0.15, 0.2) is 12.1 Å². The number of esters is 1. The van der Waals surface area contributed by atoms with Crippen LogP contribution in [0.4, 0.5) is 11.4 Å². The van der Waals surface area contributed by atoms with Gasteiger partial charge in [-0.25, -0.2) is 0 Å². The lowest BCUT2D eigenvalue weighted by molar-refractivity contribution is -0.153. The number of rotatable bonds is 4. The number of anilines is 2. The fourth-order valence-corrected chi connectivity index (χ4v) is 1.81. The predicted molar refractivity (Wildman–Crippen MR) is 88.8 cm³/mol. The number of ether oxygens (including phenoxy) is 1. The number of halogens is 1. The molecule has 0 unspecified atom stereocenters. The van der Waals surface area contributed by atoms with Crippen molar-refractivity contribution in [2.45, 2.75) is 32.8 Å². The molecule has 21 heavy (non-hydrogen) atoms. The summed E-state index contributed by atoms with van der Waals surface area (Å²) in [4.78, 5) is 11.9. The largest absolute Gasteiger partial charge is 0.460 e. The SMILES string of the molecule is CCl.CNc1ccc(N)c(CC(=O)OC(C)(C)C)c1C=[NH2+]. The van der Waals surface area contributed by atoms with Gasteiger partial charge in [-0.05, 0) is 32.9 Å². The predicted octanol–water partition coefficient (Wildman–Crippen LogP) is 1.23. The Hall–Kier alpha value is -1.75. The van der Waals surface area contributed by atoms with E-state index in [-0.39, 0.29) is 12.4 Å². The number of carbonyl (C=O) groups excluding carboxylic acids is 1. The van der Waals surface area contributed by atoms with Crippen molar-refractivity contribution >= 4 is 35.2 Å². The highest BCUT2D eigenvalue weighted by Gasteiger charge is 2.20. The summed E-state index contributed by atoms with van der Waals surface area (Å²) in [5.41, 5.74) is 8.18. The number of carbonyl (C=O) groups is 1. The van der Waals surface area contributed by atoms with Gasteiger partial charge in [-0.1, -0.05) is 0 Å². The molecule has 0 aliphatic rings. The molecule has 1 aromatic rings. The summed E-state index contributed by atoms with van der Waals surface area (Å²) in [5, 5.41) is 8.64. The van der Waals surface area contributed by atoms with Gasteiger partial charge in [0.25, 0.3) is 0 Å². The fraction of sp³-hybridized carbons (Fsp3) is 0.467. The Kier molecular flexibility index (Phi) is 7.81. The maximum atomic E-state index is 11.9. The highest BCUT2D eigenvalue weighted by atomic mass is 35.5. The van der Waals surface area contributed by atoms with E-state index < -0.39 is 5.60 Å². The highest BCUT2D eigenvalue weighted by molar-refractivity contribution is 6.15. The first-order valence-corrected chi connectivity index (χ1v) is 7.27. The first-order valence-electron chi connectivity index (χ1n) is 6.52. The second kappa shape index (κ2) is 8.52. The third-order valence-electron chi connectivity index (χ3n) is 2.57. The van der Waals surface area contributed by atoms with Crippen LogP contribution in [0, 0.1) is 0 Å². The molecule has 0 spiro atoms. The van der Waals surface area contributed by atoms with Gasteiger partial charge in [-0.15, -0.1) is 11.6 Å². The monoisotopic (exact) mass is 314 g/mol. The summed E-state index contributed by atoms with van der Waals surface area (Å²) in [5.74, 6) is -0.324. The van der Waals surface area contributed by atoms with Gasteiger partial charge in [0.2, 0.25) is 0 Å². The van der Waals surface area contributed by atoms with Gasteiger partial charge in [-0.2, -0.15) is 0 Å². The van der Waals surface area contributed by atoms with E-state index in [4.69, 9.17) is 15.9 Å². The van der Waals surface area contributed by atoms with Gasteiger partial charge in [0.1, 0.15) is 5.60 Å². The molecular formula is C15H25ClN3O2+. The molecule has 0 fully saturated rings. The van der Waals surface area contributed by atoms with Crippen LogP contribution in [-0.4, -0.2) is 31.2 Å². The minimum atomic E-state index is -0.515. The molecule has 0 saturated carbocycles. The molecule has 0 bridgehead atoms. The Balaban J connectivity index is 0.00000191. The molecule has 6 heteroatoms. The molecule has 0 aliphatic carbocycles. The Morgan fingerprint density at radius 2 is 2.00 bits per heavy atom. The molecule has 5 N–H and O–H groups in total. The van der Waals surface area contributed by atoms with Gasteiger partial charge in [-0.3, -0.25) is 10.2 Å². The number of hydrogen-bond acceptors (Lipinski definition) is 4. The van der Waals surface area contributed by atoms with Crippen molar-refractivity contribution in [1.82, 2.24) is 0 Å². The number of benzene rings is 1. The molecule has 5 nitrogen and oxygen atoms in total. The van der Waals surface area contributed by atoms with Crippen LogP contribution in [-0.2, 0) is 16.0 Å². The average molecular weight is 315 g/mol. The molecule has 1 rings (SSSR count). The molecule has 0 heterocycles. The molecule has 0 aliphatic heterocycles. The first kappa shape index (κ1) is 19.2. The second-order valence-electron chi connectivity index (χ2n) is 5.27. The molecule has 118 valence electrons. The summed E-state index contributed by atoms with van der Waals surface area (Å²) in [6.45, 7) is 5.48. The van der Waals surface area contributed by atoms with E-state index in [1.807, 2.05) is 26.8 Å². The number of nitrogen functional groups attached to an aromatic ring is 1. The minimum absolute atomic E-state index is 0.0989. The van der Waals surface area contributed by atoms with Crippen molar-refractivity contribution in [3.63, 3.8) is 0 Å². The molecule has 0 atom stereocenters. The maximum absolute atomic E-state index is 11.9. The Labute approximate surface area is 131 Å². The molecule has 0 aromatic heterocycles. The summed E-state index contributed by atoms with van der Waals surface area (Å²) >= 11 is 4.64. The van der Waals surface area contributed by atoms with Crippen molar-refractivity contribution in [2.75, 3.05) is 24.5 Å². The van der Waals surface area contributed by atoms with Crippen LogP contribution in [0.25, 0.3) is 0 Å². The molecule has 1 aromatic carbocycles. The Bertz CT molecular complexity index is 496. The van der Waals surface area contributed by atoms with Gasteiger partial charge in [0.05, 0.1) is 12.0 Å². The van der Waals surface area contributed by atoms with Crippen LogP contribution in [0.2, 0.25) is 0 Å². The normalized spacial score (nSPS) is 10.2. The van der Waals surface area contributed by atoms with Crippen molar-refractivity contribution < 1.29 is 14.9 Å². The zero-order valence-corrected chi connectivity index (χ0v) is 14.0. The quantitative estimate of drug-likeness (QED) is 0.337. The van der Waals surface area contributed by atoms with E-state index in [1.54, 1.807) is 13.1 Å². The molecule has 0 radical (unpaired) electrons. The van der Waals surface area contributed by atoms with Crippen molar-refractivity contribution in [2.24, 2.45) is 0 Å². The average Bonchev–Trinajstić information content (AvgIpc) is 2.41. The van der Waals surface area contributed by atoms with E-state index in [9.17, 15) is 4.79 Å². The van der Waals surface area contributed by atoms with Gasteiger partial charge in [0.15, 0.2) is 6.21 Å². The molecular weight excluding hydrogens is 290 g/mol. The zero-order valence-electron chi connectivity index (χ0n) is 13.3. The van der Waals surface area contributed by atoms with Gasteiger partial charge < -0.3 is 15.8 Å². The van der Waals surface area contributed by atoms with Gasteiger partial charge >= 0.3 is 5.97 Å². The van der Waals surface area contributed by atoms with Crippen LogP contribution in [0.1, 0.15) is 31.9 Å². The van der Waals surface area contributed by atoms with Crippen LogP contribution < -0.4 is 16.5 Å². The number of nitrogens with two attached hydrogens (primary N) is 2. The van der Waals surface area contributed by atoms with Gasteiger partial charge in [0, 0.05) is 30.4 Å². The van der Waals surface area contributed by atoms with E-state index >= 15 is 0 Å². The Morgan fingerprint density at radius 3 is 2.43 bits per heavy atom. The van der Waals surface area contributed by atoms with E-state index in [2.05, 4.69) is 16.9 Å². The number of nitrogens with one attached hydrogen (secondary N) is 1. The van der Waals surface area contributed by atoms with E-state index in [0.29, 0.717) is 11.3 Å². The van der Waals surface area contributed by atoms with E-state index in [0.717, 1.165) is 11.3 Å². The van der Waals surface area contributed by atoms with Crippen LogP contribution in [0.5, 0.6) is 0 Å². The fourth-order valence-electron chi connectivity index (χ4n) is 1.81. The standard InChI is InChI=1S/C14H21N3O2.CH3Cl/c1-14(2,3)19-13(18)7-9-10(8-15)12(17-4)6-5-11(9)16;1-2/h5-6,8,15,17H,7,16H2,1-4H3;1H3/p+1. The second-order valence-corrected chi connectivity index (χ2v) is 5.27. The van der Waals surface area contributed by atoms with Crippen LogP contribution in [0.3, 0.4) is 0 Å². The van der Waals surface area contributed by atoms with Crippen molar-refractivity contribution in [3.05, 3.63) is 23.3 Å². The van der Waals surface area contributed by atoms with Crippen LogP contribution >= 0.6 is 11.6 Å². The first-order chi connectivity index (χ1) is 9.78. The number of alkyl halides is 1. The third kappa shape index (κ3) is 6.04. The maximum Gasteiger partial charge on any atom is 0.310 e. The van der Waals surface area contributed by atoms with E-state index in [1.165, 1.54) is 12.6 Å². The van der Waals surface area contributed by atoms with Crippen molar-refractivity contribution in [3.8, 4) is 0 Å². The molecule has 0 saturated heterocycles. The summed E-state index contributed by atoms with van der Waals surface area (Å²) in [6, 6.07) is 3.57. The minimum Gasteiger partial charge on any atom is -0.460 e. The topological polar surface area (TPSA) is 89.9 Å². The highest BCUT2D eigenvalue weighted by Crippen LogP contribution is 2.24.